The maximum Gasteiger partial charge on any atom is 0.339 e. The summed E-state index contributed by atoms with van der Waals surface area (Å²) in [6.45, 7) is 3.57. The van der Waals surface area contributed by atoms with Gasteiger partial charge in [-0.1, -0.05) is 30.3 Å². The third kappa shape index (κ3) is 4.90. The van der Waals surface area contributed by atoms with Crippen LogP contribution >= 0.6 is 15.9 Å². The molecular formula is C17H18BrNO4S. The number of benzene rings is 2. The van der Waals surface area contributed by atoms with Gasteiger partial charge in [0.05, 0.1) is 10.5 Å². The van der Waals surface area contributed by atoms with Crippen LogP contribution in [0.2, 0.25) is 0 Å². The molecule has 0 bridgehead atoms. The van der Waals surface area contributed by atoms with Gasteiger partial charge in [-0.2, -0.15) is 0 Å². The van der Waals surface area contributed by atoms with Crippen molar-refractivity contribution in [1.82, 2.24) is 4.72 Å². The number of sulfonamides is 1. The van der Waals surface area contributed by atoms with Crippen molar-refractivity contribution < 1.29 is 17.9 Å². The van der Waals surface area contributed by atoms with Crippen LogP contribution in [0.4, 0.5) is 0 Å². The van der Waals surface area contributed by atoms with E-state index in [-0.39, 0.29) is 23.1 Å². The fraction of sp³-hybridized carbons (Fsp3) is 0.235. The first kappa shape index (κ1) is 18.6. The van der Waals surface area contributed by atoms with Crippen LogP contribution in [-0.2, 0) is 21.4 Å². The number of esters is 1. The Bertz CT molecular complexity index is 820. The molecule has 0 aliphatic carbocycles. The molecule has 2 aromatic carbocycles. The first-order valence-electron chi connectivity index (χ1n) is 7.32. The summed E-state index contributed by atoms with van der Waals surface area (Å²) < 4.78 is 32.7. The predicted octanol–water partition coefficient (Wildman–Crippen LogP) is 3.49. The fourth-order valence-electron chi connectivity index (χ4n) is 2.01. The molecule has 24 heavy (non-hydrogen) atoms. The van der Waals surface area contributed by atoms with Crippen molar-refractivity contribution >= 4 is 31.9 Å². The second-order valence-corrected chi connectivity index (χ2v) is 8.05. The number of ether oxygens (including phenoxy) is 1. The van der Waals surface area contributed by atoms with E-state index in [1.54, 1.807) is 13.8 Å². The lowest BCUT2D eigenvalue weighted by Crippen LogP contribution is -2.30. The standard InChI is InChI=1S/C17H18BrNO4S/c1-12(2)19-24(21,22)14-8-9-16(18)15(10-14)17(20)23-11-13-6-4-3-5-7-13/h3-10,12,19H,11H2,1-2H3. The molecule has 0 spiro atoms. The lowest BCUT2D eigenvalue weighted by molar-refractivity contribution is 0.0471. The number of hydrogen-bond acceptors (Lipinski definition) is 4. The molecule has 0 amide bonds. The quantitative estimate of drug-likeness (QED) is 0.738. The van der Waals surface area contributed by atoms with Crippen molar-refractivity contribution in [3.63, 3.8) is 0 Å². The van der Waals surface area contributed by atoms with Crippen LogP contribution in [0.25, 0.3) is 0 Å². The molecule has 7 heteroatoms. The number of nitrogens with one attached hydrogen (secondary N) is 1. The van der Waals surface area contributed by atoms with Crippen molar-refractivity contribution in [2.24, 2.45) is 0 Å². The van der Waals surface area contributed by atoms with Crippen LogP contribution in [0.15, 0.2) is 57.9 Å². The van der Waals surface area contributed by atoms with Crippen molar-refractivity contribution in [3.05, 3.63) is 64.1 Å². The summed E-state index contributed by atoms with van der Waals surface area (Å²) in [6.07, 6.45) is 0. The summed E-state index contributed by atoms with van der Waals surface area (Å²) in [6, 6.07) is 13.3. The highest BCUT2D eigenvalue weighted by atomic mass is 79.9. The van der Waals surface area contributed by atoms with Gasteiger partial charge in [-0.05, 0) is 53.5 Å². The summed E-state index contributed by atoms with van der Waals surface area (Å²) in [5.74, 6) is -0.590. The third-order valence-corrected chi connectivity index (χ3v) is 5.42. The highest BCUT2D eigenvalue weighted by Gasteiger charge is 2.20. The minimum atomic E-state index is -3.68. The van der Waals surface area contributed by atoms with E-state index in [1.165, 1.54) is 18.2 Å². The number of carbonyl (C=O) groups is 1. The van der Waals surface area contributed by atoms with Gasteiger partial charge in [0, 0.05) is 10.5 Å². The van der Waals surface area contributed by atoms with Gasteiger partial charge in [-0.25, -0.2) is 17.9 Å². The zero-order valence-electron chi connectivity index (χ0n) is 13.3. The Morgan fingerprint density at radius 3 is 2.46 bits per heavy atom. The smallest absolute Gasteiger partial charge is 0.339 e. The Hall–Kier alpha value is -1.70. The SMILES string of the molecule is CC(C)NS(=O)(=O)c1ccc(Br)c(C(=O)OCc2ccccc2)c1. The highest BCUT2D eigenvalue weighted by Crippen LogP contribution is 2.22. The van der Waals surface area contributed by atoms with Crippen LogP contribution in [-0.4, -0.2) is 20.4 Å². The van der Waals surface area contributed by atoms with Crippen molar-refractivity contribution in [3.8, 4) is 0 Å². The first-order chi connectivity index (χ1) is 11.3. The van der Waals surface area contributed by atoms with Crippen LogP contribution in [0.3, 0.4) is 0 Å². The minimum absolute atomic E-state index is 0.0195. The molecular weight excluding hydrogens is 394 g/mol. The number of hydrogen-bond donors (Lipinski definition) is 1. The molecule has 0 saturated carbocycles. The summed E-state index contributed by atoms with van der Waals surface area (Å²) >= 11 is 3.26. The van der Waals surface area contributed by atoms with Gasteiger partial charge < -0.3 is 4.74 Å². The fourth-order valence-corrected chi connectivity index (χ4v) is 3.69. The molecule has 2 rings (SSSR count). The maximum absolute atomic E-state index is 12.3. The van der Waals surface area contributed by atoms with E-state index in [0.29, 0.717) is 4.47 Å². The molecule has 0 unspecified atom stereocenters. The van der Waals surface area contributed by atoms with Gasteiger partial charge in [-0.3, -0.25) is 0 Å². The van der Waals surface area contributed by atoms with E-state index < -0.39 is 16.0 Å². The van der Waals surface area contributed by atoms with Crippen LogP contribution < -0.4 is 4.72 Å². The minimum Gasteiger partial charge on any atom is -0.457 e. The molecule has 128 valence electrons. The van der Waals surface area contributed by atoms with Crippen LogP contribution in [0, 0.1) is 0 Å². The molecule has 5 nitrogen and oxygen atoms in total. The van der Waals surface area contributed by atoms with E-state index in [9.17, 15) is 13.2 Å². The Morgan fingerprint density at radius 1 is 1.17 bits per heavy atom. The molecule has 1 N–H and O–H groups in total. The van der Waals surface area contributed by atoms with Gasteiger partial charge in [0.15, 0.2) is 0 Å². The average molecular weight is 412 g/mol. The Morgan fingerprint density at radius 2 is 1.83 bits per heavy atom. The van der Waals surface area contributed by atoms with Crippen LogP contribution in [0.5, 0.6) is 0 Å². The molecule has 0 heterocycles. The van der Waals surface area contributed by atoms with E-state index in [4.69, 9.17) is 4.74 Å². The van der Waals surface area contributed by atoms with E-state index >= 15 is 0 Å². The van der Waals surface area contributed by atoms with Crippen LogP contribution in [0.1, 0.15) is 29.8 Å². The molecule has 0 radical (unpaired) electrons. The number of carbonyl (C=O) groups excluding carboxylic acids is 1. The number of halogens is 1. The maximum atomic E-state index is 12.3. The number of rotatable bonds is 6. The monoisotopic (exact) mass is 411 g/mol. The first-order valence-corrected chi connectivity index (χ1v) is 9.60. The molecule has 0 aromatic heterocycles. The second kappa shape index (κ2) is 7.92. The summed E-state index contributed by atoms with van der Waals surface area (Å²) in [7, 11) is -3.68. The normalized spacial score (nSPS) is 11.5. The molecule has 0 saturated heterocycles. The topological polar surface area (TPSA) is 72.5 Å². The molecule has 0 atom stereocenters. The molecule has 0 aliphatic rings. The lowest BCUT2D eigenvalue weighted by Gasteiger charge is -2.12. The Kier molecular flexibility index (Phi) is 6.15. The summed E-state index contributed by atoms with van der Waals surface area (Å²) in [4.78, 5) is 12.3. The summed E-state index contributed by atoms with van der Waals surface area (Å²) in [5, 5.41) is 0. The average Bonchev–Trinajstić information content (AvgIpc) is 2.52. The molecule has 0 fully saturated rings. The van der Waals surface area contributed by atoms with Gasteiger partial charge in [-0.15, -0.1) is 0 Å². The Balaban J connectivity index is 2.20. The van der Waals surface area contributed by atoms with Gasteiger partial charge in [0.25, 0.3) is 0 Å². The summed E-state index contributed by atoms with van der Waals surface area (Å²) in [5.41, 5.74) is 1.02. The second-order valence-electron chi connectivity index (χ2n) is 5.48. The largest absolute Gasteiger partial charge is 0.457 e. The van der Waals surface area contributed by atoms with E-state index in [0.717, 1.165) is 5.56 Å². The Labute approximate surface area is 150 Å². The van der Waals surface area contributed by atoms with Crippen molar-refractivity contribution in [2.45, 2.75) is 31.4 Å². The zero-order chi connectivity index (χ0) is 17.7. The van der Waals surface area contributed by atoms with Gasteiger partial charge in [0.2, 0.25) is 10.0 Å². The zero-order valence-corrected chi connectivity index (χ0v) is 15.7. The van der Waals surface area contributed by atoms with Gasteiger partial charge >= 0.3 is 5.97 Å². The third-order valence-electron chi connectivity index (χ3n) is 3.07. The highest BCUT2D eigenvalue weighted by molar-refractivity contribution is 9.10. The van der Waals surface area contributed by atoms with E-state index in [1.807, 2.05) is 30.3 Å². The van der Waals surface area contributed by atoms with Gasteiger partial charge in [0.1, 0.15) is 6.61 Å². The van der Waals surface area contributed by atoms with Crippen molar-refractivity contribution in [2.75, 3.05) is 0 Å². The van der Waals surface area contributed by atoms with Crippen molar-refractivity contribution in [1.29, 1.82) is 0 Å². The van der Waals surface area contributed by atoms with E-state index in [2.05, 4.69) is 20.7 Å². The predicted molar refractivity (Wildman–Crippen MR) is 95.2 cm³/mol. The molecule has 0 aliphatic heterocycles. The lowest BCUT2D eigenvalue weighted by atomic mass is 10.2. The molecule has 2 aromatic rings.